The molecular formula is C19H27FN2O2. The molecule has 1 aliphatic carbocycles. The van der Waals surface area contributed by atoms with Crippen LogP contribution in [0, 0.1) is 5.82 Å². The molecule has 1 aromatic carbocycles. The molecule has 0 spiro atoms. The van der Waals surface area contributed by atoms with Crippen LogP contribution in [0.15, 0.2) is 24.3 Å². The molecule has 1 heterocycles. The standard InChI is InChI=1S/C19H27FN2O2/c20-16-7-5-15(6-8-16)19(9-1-2-10-19)14-21-18(24)13-22-11-3-4-17(23)12-22/h5-8,17,23H,1-4,9-14H2,(H,21,24). The second-order valence-electron chi connectivity index (χ2n) is 7.30. The zero-order chi connectivity index (χ0) is 17.0. The van der Waals surface area contributed by atoms with Crippen molar-refractivity contribution >= 4 is 5.91 Å². The molecule has 3 rings (SSSR count). The summed E-state index contributed by atoms with van der Waals surface area (Å²) in [5, 5.41) is 12.8. The molecule has 2 N–H and O–H groups in total. The molecule has 132 valence electrons. The van der Waals surface area contributed by atoms with Crippen LogP contribution in [0.4, 0.5) is 4.39 Å². The SMILES string of the molecule is O=C(CN1CCCC(O)C1)NCC1(c2ccc(F)cc2)CCCC1. The van der Waals surface area contributed by atoms with Gasteiger partial charge in [0.25, 0.3) is 0 Å². The highest BCUT2D eigenvalue weighted by Gasteiger charge is 2.36. The van der Waals surface area contributed by atoms with Gasteiger partial charge in [-0.05, 0) is 49.9 Å². The summed E-state index contributed by atoms with van der Waals surface area (Å²) in [5.41, 5.74) is 1.06. The Morgan fingerprint density at radius 3 is 2.62 bits per heavy atom. The molecule has 1 saturated carbocycles. The molecular weight excluding hydrogens is 307 g/mol. The van der Waals surface area contributed by atoms with Gasteiger partial charge in [-0.1, -0.05) is 25.0 Å². The number of halogens is 1. The van der Waals surface area contributed by atoms with Gasteiger partial charge in [0.2, 0.25) is 5.91 Å². The first-order valence-corrected chi connectivity index (χ1v) is 9.01. The average molecular weight is 334 g/mol. The number of carbonyl (C=O) groups is 1. The summed E-state index contributed by atoms with van der Waals surface area (Å²) >= 11 is 0. The van der Waals surface area contributed by atoms with Gasteiger partial charge < -0.3 is 10.4 Å². The van der Waals surface area contributed by atoms with Gasteiger partial charge in [0.15, 0.2) is 0 Å². The topological polar surface area (TPSA) is 52.6 Å². The van der Waals surface area contributed by atoms with E-state index in [0.29, 0.717) is 19.6 Å². The minimum atomic E-state index is -0.313. The first kappa shape index (κ1) is 17.4. The molecule has 1 unspecified atom stereocenters. The number of nitrogens with one attached hydrogen (secondary N) is 1. The summed E-state index contributed by atoms with van der Waals surface area (Å²) in [7, 11) is 0. The summed E-state index contributed by atoms with van der Waals surface area (Å²) in [6.45, 7) is 2.40. The smallest absolute Gasteiger partial charge is 0.234 e. The van der Waals surface area contributed by atoms with Crippen molar-refractivity contribution in [3.8, 4) is 0 Å². The average Bonchev–Trinajstić information content (AvgIpc) is 3.04. The largest absolute Gasteiger partial charge is 0.392 e. The normalized spacial score (nSPS) is 24.0. The predicted octanol–water partition coefficient (Wildman–Crippen LogP) is 2.21. The molecule has 0 radical (unpaired) electrons. The molecule has 1 saturated heterocycles. The van der Waals surface area contributed by atoms with Crippen LogP contribution in [0.5, 0.6) is 0 Å². The quantitative estimate of drug-likeness (QED) is 0.868. The van der Waals surface area contributed by atoms with Crippen molar-refractivity contribution in [1.29, 1.82) is 0 Å². The lowest BCUT2D eigenvalue weighted by Crippen LogP contribution is -2.46. The molecule has 1 amide bonds. The van der Waals surface area contributed by atoms with Crippen LogP contribution in [-0.2, 0) is 10.2 Å². The molecule has 1 atom stereocenters. The predicted molar refractivity (Wildman–Crippen MR) is 91.2 cm³/mol. The van der Waals surface area contributed by atoms with Gasteiger partial charge in [0, 0.05) is 18.5 Å². The van der Waals surface area contributed by atoms with Gasteiger partial charge in [0.1, 0.15) is 5.82 Å². The molecule has 0 aromatic heterocycles. The Morgan fingerprint density at radius 1 is 1.25 bits per heavy atom. The van der Waals surface area contributed by atoms with E-state index >= 15 is 0 Å². The molecule has 5 heteroatoms. The van der Waals surface area contributed by atoms with E-state index in [2.05, 4.69) is 5.32 Å². The fraction of sp³-hybridized carbons (Fsp3) is 0.632. The number of β-amino-alcohol motifs (C(OH)–C–C–N with tert-alkyl or cyclic N) is 1. The highest BCUT2D eigenvalue weighted by molar-refractivity contribution is 5.78. The number of hydrogen-bond acceptors (Lipinski definition) is 3. The van der Waals surface area contributed by atoms with E-state index in [9.17, 15) is 14.3 Å². The first-order chi connectivity index (χ1) is 11.6. The molecule has 4 nitrogen and oxygen atoms in total. The third-order valence-electron chi connectivity index (χ3n) is 5.49. The van der Waals surface area contributed by atoms with Crippen LogP contribution in [0.2, 0.25) is 0 Å². The summed E-state index contributed by atoms with van der Waals surface area (Å²) in [6.07, 6.45) is 5.80. The van der Waals surface area contributed by atoms with E-state index < -0.39 is 0 Å². The maximum Gasteiger partial charge on any atom is 0.234 e. The van der Waals surface area contributed by atoms with E-state index in [0.717, 1.165) is 50.6 Å². The number of aliphatic hydroxyl groups is 1. The molecule has 1 aromatic rings. The summed E-state index contributed by atoms with van der Waals surface area (Å²) in [5.74, 6) is -0.211. The Labute approximate surface area is 143 Å². The summed E-state index contributed by atoms with van der Waals surface area (Å²) < 4.78 is 13.2. The van der Waals surface area contributed by atoms with E-state index in [1.54, 1.807) is 0 Å². The van der Waals surface area contributed by atoms with Crippen molar-refractivity contribution in [3.05, 3.63) is 35.6 Å². The van der Waals surface area contributed by atoms with Crippen molar-refractivity contribution in [3.63, 3.8) is 0 Å². The number of nitrogens with zero attached hydrogens (tertiary/aromatic N) is 1. The van der Waals surface area contributed by atoms with Crippen LogP contribution < -0.4 is 5.32 Å². The summed E-state index contributed by atoms with van der Waals surface area (Å²) in [4.78, 5) is 14.3. The number of rotatable bonds is 5. The molecule has 2 fully saturated rings. The lowest BCUT2D eigenvalue weighted by atomic mass is 9.79. The molecule has 0 bridgehead atoms. The van der Waals surface area contributed by atoms with Gasteiger partial charge in [-0.15, -0.1) is 0 Å². The maximum absolute atomic E-state index is 13.2. The lowest BCUT2D eigenvalue weighted by Gasteiger charge is -2.32. The van der Waals surface area contributed by atoms with E-state index in [4.69, 9.17) is 0 Å². The van der Waals surface area contributed by atoms with Crippen LogP contribution in [0.1, 0.15) is 44.1 Å². The maximum atomic E-state index is 13.2. The fourth-order valence-electron chi connectivity index (χ4n) is 4.12. The third kappa shape index (κ3) is 4.14. The van der Waals surface area contributed by atoms with Crippen LogP contribution in [-0.4, -0.2) is 48.2 Å². The lowest BCUT2D eigenvalue weighted by molar-refractivity contribution is -0.123. The van der Waals surface area contributed by atoms with Crippen molar-refractivity contribution in [2.75, 3.05) is 26.2 Å². The highest BCUT2D eigenvalue weighted by Crippen LogP contribution is 2.40. The van der Waals surface area contributed by atoms with Gasteiger partial charge in [-0.3, -0.25) is 9.69 Å². The number of aliphatic hydroxyl groups excluding tert-OH is 1. The number of carbonyl (C=O) groups excluding carboxylic acids is 1. The van der Waals surface area contributed by atoms with E-state index in [1.807, 2.05) is 17.0 Å². The van der Waals surface area contributed by atoms with Gasteiger partial charge in [-0.25, -0.2) is 4.39 Å². The van der Waals surface area contributed by atoms with E-state index in [1.165, 1.54) is 12.1 Å². The Morgan fingerprint density at radius 2 is 1.96 bits per heavy atom. The van der Waals surface area contributed by atoms with Crippen molar-refractivity contribution in [2.45, 2.75) is 50.0 Å². The Bertz CT molecular complexity index is 555. The second kappa shape index (κ2) is 7.62. The molecule has 24 heavy (non-hydrogen) atoms. The fourth-order valence-corrected chi connectivity index (χ4v) is 4.12. The van der Waals surface area contributed by atoms with E-state index in [-0.39, 0.29) is 23.2 Å². The minimum Gasteiger partial charge on any atom is -0.392 e. The highest BCUT2D eigenvalue weighted by atomic mass is 19.1. The number of likely N-dealkylation sites (tertiary alicyclic amines) is 1. The zero-order valence-electron chi connectivity index (χ0n) is 14.1. The number of benzene rings is 1. The molecule has 1 aliphatic heterocycles. The van der Waals surface area contributed by atoms with Crippen LogP contribution >= 0.6 is 0 Å². The van der Waals surface area contributed by atoms with Gasteiger partial charge in [0.05, 0.1) is 12.6 Å². The number of amides is 1. The number of hydrogen-bond donors (Lipinski definition) is 2. The zero-order valence-corrected chi connectivity index (χ0v) is 14.1. The Balaban J connectivity index is 1.58. The van der Waals surface area contributed by atoms with Crippen molar-refractivity contribution < 1.29 is 14.3 Å². The third-order valence-corrected chi connectivity index (χ3v) is 5.49. The van der Waals surface area contributed by atoms with Gasteiger partial charge >= 0.3 is 0 Å². The van der Waals surface area contributed by atoms with Crippen molar-refractivity contribution in [2.24, 2.45) is 0 Å². The first-order valence-electron chi connectivity index (χ1n) is 9.01. The van der Waals surface area contributed by atoms with Crippen LogP contribution in [0.3, 0.4) is 0 Å². The Hall–Kier alpha value is -1.46. The van der Waals surface area contributed by atoms with Crippen molar-refractivity contribution in [1.82, 2.24) is 10.2 Å². The molecule has 2 aliphatic rings. The summed E-state index contributed by atoms with van der Waals surface area (Å²) in [6, 6.07) is 6.72. The Kier molecular flexibility index (Phi) is 5.51. The van der Waals surface area contributed by atoms with Gasteiger partial charge in [-0.2, -0.15) is 0 Å². The number of piperidine rings is 1. The van der Waals surface area contributed by atoms with Crippen LogP contribution in [0.25, 0.3) is 0 Å². The minimum absolute atomic E-state index is 0.0116. The second-order valence-corrected chi connectivity index (χ2v) is 7.30. The monoisotopic (exact) mass is 334 g/mol.